The Morgan fingerprint density at radius 2 is 2.00 bits per heavy atom. The highest BCUT2D eigenvalue weighted by molar-refractivity contribution is 5.78. The molecule has 0 bridgehead atoms. The van der Waals surface area contributed by atoms with E-state index in [0.717, 1.165) is 41.6 Å². The summed E-state index contributed by atoms with van der Waals surface area (Å²) in [6, 6.07) is 7.59. The van der Waals surface area contributed by atoms with Gasteiger partial charge in [0.05, 0.1) is 5.39 Å². The maximum absolute atomic E-state index is 12.7. The Hall–Kier alpha value is -1.57. The lowest BCUT2D eigenvalue weighted by Crippen LogP contribution is -2.28. The van der Waals surface area contributed by atoms with E-state index in [2.05, 4.69) is 13.8 Å². The average molecular weight is 240 g/mol. The summed E-state index contributed by atoms with van der Waals surface area (Å²) in [5.74, 6) is 0.927. The molecule has 92 valence electrons. The van der Waals surface area contributed by atoms with E-state index < -0.39 is 0 Å². The number of fused-ring (bicyclic) bond motifs is 4. The molecular formula is C16H16O2. The SMILES string of the molecule is CC12CCc3oc4ccccc4c(=O)c3C1(C)C2. The summed E-state index contributed by atoms with van der Waals surface area (Å²) in [7, 11) is 0. The van der Waals surface area contributed by atoms with E-state index in [9.17, 15) is 4.79 Å². The number of aryl methyl sites for hydroxylation is 1. The molecular weight excluding hydrogens is 224 g/mol. The molecule has 0 aliphatic heterocycles. The minimum atomic E-state index is 0.0468. The maximum Gasteiger partial charge on any atom is 0.196 e. The standard InChI is InChI=1S/C16H16O2/c1-15-8-7-12-13(16(15,2)9-15)14(17)10-5-3-4-6-11(10)18-12/h3-6H,7-9H2,1-2H3. The Bertz CT molecular complexity index is 727. The molecule has 2 atom stereocenters. The van der Waals surface area contributed by atoms with E-state index in [1.165, 1.54) is 0 Å². The monoisotopic (exact) mass is 240 g/mol. The summed E-state index contributed by atoms with van der Waals surface area (Å²) < 4.78 is 5.97. The van der Waals surface area contributed by atoms with Crippen LogP contribution in [0, 0.1) is 5.41 Å². The molecule has 2 aromatic rings. The number of benzene rings is 1. The minimum Gasteiger partial charge on any atom is -0.461 e. The van der Waals surface area contributed by atoms with Gasteiger partial charge in [-0.15, -0.1) is 0 Å². The lowest BCUT2D eigenvalue weighted by atomic mass is 9.79. The normalized spacial score (nSPS) is 33.0. The molecule has 2 aliphatic rings. The fourth-order valence-corrected chi connectivity index (χ4v) is 3.80. The zero-order chi connectivity index (χ0) is 12.5. The number of rotatable bonds is 0. The first-order valence-electron chi connectivity index (χ1n) is 6.60. The Balaban J connectivity index is 2.12. The predicted octanol–water partition coefficient (Wildman–Crippen LogP) is 3.41. The van der Waals surface area contributed by atoms with E-state index in [4.69, 9.17) is 4.42 Å². The molecule has 0 saturated heterocycles. The highest BCUT2D eigenvalue weighted by Gasteiger charge is 2.65. The van der Waals surface area contributed by atoms with E-state index in [-0.39, 0.29) is 10.8 Å². The smallest absolute Gasteiger partial charge is 0.196 e. The van der Waals surface area contributed by atoms with Crippen LogP contribution in [0.25, 0.3) is 11.0 Å². The van der Waals surface area contributed by atoms with Crippen LogP contribution in [0.3, 0.4) is 0 Å². The molecule has 4 rings (SSSR count). The van der Waals surface area contributed by atoms with Crippen LogP contribution in [-0.4, -0.2) is 0 Å². The van der Waals surface area contributed by atoms with Crippen molar-refractivity contribution in [1.82, 2.24) is 0 Å². The predicted molar refractivity (Wildman–Crippen MR) is 70.9 cm³/mol. The molecule has 18 heavy (non-hydrogen) atoms. The molecule has 1 saturated carbocycles. The van der Waals surface area contributed by atoms with Gasteiger partial charge in [0.1, 0.15) is 11.3 Å². The van der Waals surface area contributed by atoms with Crippen molar-refractivity contribution in [3.63, 3.8) is 0 Å². The molecule has 2 nitrogen and oxygen atoms in total. The fourth-order valence-electron chi connectivity index (χ4n) is 3.80. The summed E-state index contributed by atoms with van der Waals surface area (Å²) >= 11 is 0. The van der Waals surface area contributed by atoms with Gasteiger partial charge in [0.15, 0.2) is 5.43 Å². The molecule has 0 spiro atoms. The number of hydrogen-bond donors (Lipinski definition) is 0. The summed E-state index contributed by atoms with van der Waals surface area (Å²) in [5.41, 5.74) is 2.24. The minimum absolute atomic E-state index is 0.0468. The largest absolute Gasteiger partial charge is 0.461 e. The van der Waals surface area contributed by atoms with Gasteiger partial charge in [-0.05, 0) is 30.4 Å². The maximum atomic E-state index is 12.7. The van der Waals surface area contributed by atoms with Crippen LogP contribution in [0.1, 0.15) is 38.0 Å². The summed E-state index contributed by atoms with van der Waals surface area (Å²) in [5, 5.41) is 0.730. The van der Waals surface area contributed by atoms with E-state index in [1.807, 2.05) is 24.3 Å². The van der Waals surface area contributed by atoms with E-state index in [1.54, 1.807) is 0 Å². The van der Waals surface area contributed by atoms with Crippen LogP contribution >= 0.6 is 0 Å². The lowest BCUT2D eigenvalue weighted by Gasteiger charge is -2.26. The fraction of sp³-hybridized carbons (Fsp3) is 0.438. The molecule has 2 aliphatic carbocycles. The zero-order valence-corrected chi connectivity index (χ0v) is 10.7. The van der Waals surface area contributed by atoms with Crippen LogP contribution in [-0.2, 0) is 11.8 Å². The first-order chi connectivity index (χ1) is 8.55. The van der Waals surface area contributed by atoms with Gasteiger partial charge in [-0.3, -0.25) is 4.79 Å². The second-order valence-electron chi connectivity index (χ2n) is 6.30. The van der Waals surface area contributed by atoms with Gasteiger partial charge in [0.2, 0.25) is 0 Å². The molecule has 1 aromatic carbocycles. The quantitative estimate of drug-likeness (QED) is 0.706. The Morgan fingerprint density at radius 1 is 1.22 bits per heavy atom. The molecule has 0 amide bonds. The molecule has 2 unspecified atom stereocenters. The van der Waals surface area contributed by atoms with Crippen molar-refractivity contribution in [3.05, 3.63) is 45.8 Å². The third kappa shape index (κ3) is 1.02. The van der Waals surface area contributed by atoms with Gasteiger partial charge in [0, 0.05) is 17.4 Å². The Morgan fingerprint density at radius 3 is 2.83 bits per heavy atom. The second-order valence-corrected chi connectivity index (χ2v) is 6.30. The lowest BCUT2D eigenvalue weighted by molar-refractivity contribution is 0.369. The van der Waals surface area contributed by atoms with Crippen LogP contribution in [0.5, 0.6) is 0 Å². The second kappa shape index (κ2) is 2.87. The van der Waals surface area contributed by atoms with Gasteiger partial charge in [-0.25, -0.2) is 0 Å². The van der Waals surface area contributed by atoms with Crippen molar-refractivity contribution in [2.75, 3.05) is 0 Å². The molecule has 1 aromatic heterocycles. The van der Waals surface area contributed by atoms with Gasteiger partial charge in [-0.2, -0.15) is 0 Å². The molecule has 0 radical (unpaired) electrons. The van der Waals surface area contributed by atoms with Crippen molar-refractivity contribution in [2.45, 2.75) is 38.5 Å². The number of hydrogen-bond acceptors (Lipinski definition) is 2. The average Bonchev–Trinajstić information content (AvgIpc) is 2.92. The summed E-state index contributed by atoms with van der Waals surface area (Å²) in [4.78, 5) is 12.7. The highest BCUT2D eigenvalue weighted by atomic mass is 16.3. The van der Waals surface area contributed by atoms with Gasteiger partial charge < -0.3 is 4.42 Å². The number of para-hydroxylation sites is 1. The first-order valence-corrected chi connectivity index (χ1v) is 6.60. The van der Waals surface area contributed by atoms with Crippen molar-refractivity contribution in [2.24, 2.45) is 5.41 Å². The van der Waals surface area contributed by atoms with E-state index in [0.29, 0.717) is 5.41 Å². The van der Waals surface area contributed by atoms with Crippen LogP contribution in [0.4, 0.5) is 0 Å². The van der Waals surface area contributed by atoms with E-state index >= 15 is 0 Å². The third-order valence-corrected chi connectivity index (χ3v) is 5.28. The summed E-state index contributed by atoms with van der Waals surface area (Å²) in [6.07, 6.45) is 3.16. The summed E-state index contributed by atoms with van der Waals surface area (Å²) in [6.45, 7) is 4.52. The Labute approximate surface area is 106 Å². The van der Waals surface area contributed by atoms with Crippen LogP contribution in [0.2, 0.25) is 0 Å². The highest BCUT2D eigenvalue weighted by Crippen LogP contribution is 2.68. The van der Waals surface area contributed by atoms with Crippen LogP contribution < -0.4 is 5.43 Å². The molecule has 0 N–H and O–H groups in total. The third-order valence-electron chi connectivity index (χ3n) is 5.28. The van der Waals surface area contributed by atoms with Gasteiger partial charge in [0.25, 0.3) is 0 Å². The van der Waals surface area contributed by atoms with Crippen LogP contribution in [0.15, 0.2) is 33.5 Å². The molecule has 1 fully saturated rings. The first kappa shape index (κ1) is 10.4. The van der Waals surface area contributed by atoms with Crippen molar-refractivity contribution in [3.8, 4) is 0 Å². The van der Waals surface area contributed by atoms with Gasteiger partial charge in [-0.1, -0.05) is 26.0 Å². The topological polar surface area (TPSA) is 30.2 Å². The van der Waals surface area contributed by atoms with Crippen molar-refractivity contribution >= 4 is 11.0 Å². The molecule has 1 heterocycles. The molecule has 2 heteroatoms. The van der Waals surface area contributed by atoms with Crippen molar-refractivity contribution in [1.29, 1.82) is 0 Å². The Kier molecular flexibility index (Phi) is 1.65. The van der Waals surface area contributed by atoms with Crippen molar-refractivity contribution < 1.29 is 4.42 Å². The zero-order valence-electron chi connectivity index (χ0n) is 10.7. The van der Waals surface area contributed by atoms with Gasteiger partial charge >= 0.3 is 0 Å².